The molecule has 0 bridgehead atoms. The van der Waals surface area contributed by atoms with Crippen LogP contribution in [0, 0.1) is 11.3 Å². The van der Waals surface area contributed by atoms with Gasteiger partial charge in [-0.3, -0.25) is 9.59 Å². The Morgan fingerprint density at radius 1 is 1.44 bits per heavy atom. The minimum atomic E-state index is -0.843. The third-order valence-corrected chi connectivity index (χ3v) is 2.43. The number of carbonyl (C=O) groups is 2. The number of carbonyl (C=O) groups excluding carboxylic acids is 1. The van der Waals surface area contributed by atoms with E-state index in [0.29, 0.717) is 13.1 Å². The predicted octanol–water partition coefficient (Wildman–Crippen LogP) is 0.838. The van der Waals surface area contributed by atoms with Crippen LogP contribution in [0.1, 0.15) is 20.8 Å². The van der Waals surface area contributed by atoms with Crippen molar-refractivity contribution >= 4 is 11.9 Å². The maximum absolute atomic E-state index is 11.2. The zero-order chi connectivity index (χ0) is 12.9. The molecule has 0 saturated heterocycles. The molecule has 1 atom stereocenters. The number of esters is 1. The van der Waals surface area contributed by atoms with Gasteiger partial charge in [0.1, 0.15) is 0 Å². The third-order valence-electron chi connectivity index (χ3n) is 2.43. The van der Waals surface area contributed by atoms with Gasteiger partial charge in [0.2, 0.25) is 0 Å². The Hall–Kier alpha value is -1.10. The average molecular weight is 231 g/mol. The monoisotopic (exact) mass is 231 g/mol. The van der Waals surface area contributed by atoms with Crippen LogP contribution in [0.2, 0.25) is 0 Å². The number of carboxylic acids is 1. The Labute approximate surface area is 96.4 Å². The molecule has 0 rings (SSSR count). The van der Waals surface area contributed by atoms with Crippen molar-refractivity contribution in [2.45, 2.75) is 20.8 Å². The highest BCUT2D eigenvalue weighted by Crippen LogP contribution is 2.17. The highest BCUT2D eigenvalue weighted by molar-refractivity contribution is 5.74. The fourth-order valence-corrected chi connectivity index (χ4v) is 1.55. The molecule has 94 valence electrons. The maximum atomic E-state index is 11.2. The highest BCUT2D eigenvalue weighted by atomic mass is 16.5. The Bertz CT molecular complexity index is 263. The van der Waals surface area contributed by atoms with Gasteiger partial charge in [-0.25, -0.2) is 0 Å². The smallest absolute Gasteiger partial charge is 0.310 e. The molecule has 5 heteroatoms. The Morgan fingerprint density at radius 3 is 2.31 bits per heavy atom. The van der Waals surface area contributed by atoms with E-state index in [1.165, 1.54) is 7.11 Å². The summed E-state index contributed by atoms with van der Waals surface area (Å²) in [7, 11) is 3.14. The summed E-state index contributed by atoms with van der Waals surface area (Å²) in [6, 6.07) is 0. The number of methoxy groups -OCH3 is 1. The van der Waals surface area contributed by atoms with Gasteiger partial charge in [-0.05, 0) is 20.9 Å². The molecule has 16 heavy (non-hydrogen) atoms. The van der Waals surface area contributed by atoms with Crippen LogP contribution >= 0.6 is 0 Å². The lowest BCUT2D eigenvalue weighted by Gasteiger charge is -2.27. The molecular weight excluding hydrogens is 210 g/mol. The normalized spacial score (nSPS) is 13.6. The average Bonchev–Trinajstić information content (AvgIpc) is 2.14. The summed E-state index contributed by atoms with van der Waals surface area (Å²) in [6.07, 6.45) is 0. The largest absolute Gasteiger partial charge is 0.481 e. The lowest BCUT2D eigenvalue weighted by Crippen LogP contribution is -2.40. The second-order valence-corrected chi connectivity index (χ2v) is 4.81. The van der Waals surface area contributed by atoms with E-state index in [4.69, 9.17) is 5.11 Å². The SMILES string of the molecule is COC(=O)C(C)CN(C)CC(C)(C)C(=O)O. The second-order valence-electron chi connectivity index (χ2n) is 4.81. The first-order valence-corrected chi connectivity index (χ1v) is 5.20. The number of hydrogen-bond acceptors (Lipinski definition) is 4. The van der Waals surface area contributed by atoms with Crippen LogP contribution in [0.5, 0.6) is 0 Å². The first kappa shape index (κ1) is 14.9. The molecule has 0 amide bonds. The first-order chi connectivity index (χ1) is 7.20. The molecule has 0 saturated carbocycles. The zero-order valence-electron chi connectivity index (χ0n) is 10.6. The van der Waals surface area contributed by atoms with Crippen molar-refractivity contribution in [2.75, 3.05) is 27.2 Å². The van der Waals surface area contributed by atoms with E-state index in [1.54, 1.807) is 27.8 Å². The van der Waals surface area contributed by atoms with Gasteiger partial charge in [-0.2, -0.15) is 0 Å². The van der Waals surface area contributed by atoms with E-state index in [9.17, 15) is 9.59 Å². The number of ether oxygens (including phenoxy) is 1. The molecule has 0 fully saturated rings. The summed E-state index contributed by atoms with van der Waals surface area (Å²) in [6.45, 7) is 5.96. The minimum Gasteiger partial charge on any atom is -0.481 e. The molecule has 0 heterocycles. The van der Waals surface area contributed by atoms with Crippen LogP contribution in [0.3, 0.4) is 0 Å². The molecule has 0 aromatic rings. The van der Waals surface area contributed by atoms with Gasteiger partial charge in [0.15, 0.2) is 0 Å². The maximum Gasteiger partial charge on any atom is 0.310 e. The highest BCUT2D eigenvalue weighted by Gasteiger charge is 2.29. The summed E-state index contributed by atoms with van der Waals surface area (Å²) in [5, 5.41) is 8.96. The van der Waals surface area contributed by atoms with Gasteiger partial charge in [0, 0.05) is 13.1 Å². The van der Waals surface area contributed by atoms with Crippen LogP contribution < -0.4 is 0 Å². The fourth-order valence-electron chi connectivity index (χ4n) is 1.55. The van der Waals surface area contributed by atoms with Crippen molar-refractivity contribution in [3.63, 3.8) is 0 Å². The van der Waals surface area contributed by atoms with Gasteiger partial charge < -0.3 is 14.7 Å². The quantitative estimate of drug-likeness (QED) is 0.686. The summed E-state index contributed by atoms with van der Waals surface area (Å²) in [5.41, 5.74) is -0.815. The lowest BCUT2D eigenvalue weighted by molar-refractivity contribution is -0.148. The predicted molar refractivity (Wildman–Crippen MR) is 60.1 cm³/mol. The van der Waals surface area contributed by atoms with Gasteiger partial charge in [-0.15, -0.1) is 0 Å². The van der Waals surface area contributed by atoms with Crippen molar-refractivity contribution in [1.29, 1.82) is 0 Å². The second kappa shape index (κ2) is 5.84. The van der Waals surface area contributed by atoms with E-state index in [1.807, 2.05) is 4.90 Å². The number of nitrogens with zero attached hydrogens (tertiary/aromatic N) is 1. The van der Waals surface area contributed by atoms with Crippen molar-refractivity contribution in [1.82, 2.24) is 4.90 Å². The molecule has 1 unspecified atom stereocenters. The summed E-state index contributed by atoms with van der Waals surface area (Å²) in [4.78, 5) is 23.9. The van der Waals surface area contributed by atoms with Gasteiger partial charge in [0.05, 0.1) is 18.4 Å². The number of aliphatic carboxylic acids is 1. The molecule has 0 aliphatic carbocycles. The first-order valence-electron chi connectivity index (χ1n) is 5.20. The summed E-state index contributed by atoms with van der Waals surface area (Å²) < 4.78 is 4.61. The van der Waals surface area contributed by atoms with Crippen LogP contribution in [0.4, 0.5) is 0 Å². The van der Waals surface area contributed by atoms with E-state index >= 15 is 0 Å². The number of hydrogen-bond donors (Lipinski definition) is 1. The zero-order valence-corrected chi connectivity index (χ0v) is 10.6. The van der Waals surface area contributed by atoms with Crippen LogP contribution in [0.15, 0.2) is 0 Å². The Kier molecular flexibility index (Phi) is 5.44. The Balaban J connectivity index is 4.23. The molecule has 0 spiro atoms. The standard InChI is InChI=1S/C11H21NO4/c1-8(9(13)16-5)6-12(4)7-11(2,3)10(14)15/h8H,6-7H2,1-5H3,(H,14,15). The van der Waals surface area contributed by atoms with Crippen LogP contribution in [0.25, 0.3) is 0 Å². The molecule has 1 N–H and O–H groups in total. The molecule has 0 aliphatic rings. The molecule has 0 radical (unpaired) electrons. The number of rotatable bonds is 6. The van der Waals surface area contributed by atoms with Crippen molar-refractivity contribution < 1.29 is 19.4 Å². The van der Waals surface area contributed by atoms with Crippen molar-refractivity contribution in [3.8, 4) is 0 Å². The van der Waals surface area contributed by atoms with Crippen LogP contribution in [-0.2, 0) is 14.3 Å². The van der Waals surface area contributed by atoms with Gasteiger partial charge in [0.25, 0.3) is 0 Å². The molecule has 5 nitrogen and oxygen atoms in total. The lowest BCUT2D eigenvalue weighted by atomic mass is 9.93. The van der Waals surface area contributed by atoms with E-state index in [0.717, 1.165) is 0 Å². The summed E-state index contributed by atoms with van der Waals surface area (Å²) >= 11 is 0. The fraction of sp³-hybridized carbons (Fsp3) is 0.818. The van der Waals surface area contributed by atoms with Gasteiger partial charge in [-0.1, -0.05) is 6.92 Å². The molecular formula is C11H21NO4. The third kappa shape index (κ3) is 4.61. The van der Waals surface area contributed by atoms with Crippen molar-refractivity contribution in [3.05, 3.63) is 0 Å². The van der Waals surface area contributed by atoms with Gasteiger partial charge >= 0.3 is 11.9 Å². The number of carboxylic acid groups (broad SMARTS) is 1. The minimum absolute atomic E-state index is 0.250. The molecule has 0 aliphatic heterocycles. The van der Waals surface area contributed by atoms with E-state index < -0.39 is 11.4 Å². The topological polar surface area (TPSA) is 66.8 Å². The molecule has 0 aromatic heterocycles. The summed E-state index contributed by atoms with van der Waals surface area (Å²) in [5.74, 6) is -1.37. The van der Waals surface area contributed by atoms with E-state index in [2.05, 4.69) is 4.74 Å². The molecule has 0 aromatic carbocycles. The Morgan fingerprint density at radius 2 is 1.94 bits per heavy atom. The van der Waals surface area contributed by atoms with Crippen molar-refractivity contribution in [2.24, 2.45) is 11.3 Å². The van der Waals surface area contributed by atoms with Crippen LogP contribution in [-0.4, -0.2) is 49.2 Å². The van der Waals surface area contributed by atoms with E-state index in [-0.39, 0.29) is 11.9 Å².